The van der Waals surface area contributed by atoms with E-state index in [0.29, 0.717) is 11.8 Å². The largest absolute Gasteiger partial charge is 0.356 e. The summed E-state index contributed by atoms with van der Waals surface area (Å²) in [6.45, 7) is 3.09. The van der Waals surface area contributed by atoms with Crippen LogP contribution in [-0.4, -0.2) is 25.5 Å². The molecule has 1 heterocycles. The van der Waals surface area contributed by atoms with Crippen LogP contribution in [0.4, 0.5) is 0 Å². The van der Waals surface area contributed by atoms with Crippen LogP contribution in [0.3, 0.4) is 0 Å². The molecule has 2 N–H and O–H groups in total. The topological polar surface area (TPSA) is 41.1 Å². The molecule has 2 fully saturated rings. The first-order chi connectivity index (χ1) is 11.3. The van der Waals surface area contributed by atoms with Crippen LogP contribution in [0.2, 0.25) is 0 Å². The Hall–Kier alpha value is -1.06. The van der Waals surface area contributed by atoms with E-state index in [-0.39, 0.29) is 18.3 Å². The highest BCUT2D eigenvalue weighted by Crippen LogP contribution is 2.43. The average Bonchev–Trinajstić information content (AvgIpc) is 2.57. The van der Waals surface area contributed by atoms with Crippen LogP contribution in [0.15, 0.2) is 30.3 Å². The van der Waals surface area contributed by atoms with E-state index in [1.165, 1.54) is 37.7 Å². The molecule has 24 heavy (non-hydrogen) atoms. The molecular weight excluding hydrogens is 320 g/mol. The van der Waals surface area contributed by atoms with E-state index < -0.39 is 0 Å². The van der Waals surface area contributed by atoms with Gasteiger partial charge in [-0.25, -0.2) is 0 Å². The Bertz CT molecular complexity index is 496. The Balaban J connectivity index is 0.00000208. The van der Waals surface area contributed by atoms with Crippen LogP contribution in [-0.2, 0) is 11.2 Å². The molecule has 4 heteroatoms. The van der Waals surface area contributed by atoms with Gasteiger partial charge >= 0.3 is 0 Å². The van der Waals surface area contributed by atoms with Crippen molar-refractivity contribution in [3.63, 3.8) is 0 Å². The SMILES string of the molecule is Cl.O=C(CCC1CCNCC1)NCC1(Cc2ccccc2)CCC1. The summed E-state index contributed by atoms with van der Waals surface area (Å²) in [6.07, 6.45) is 9.11. The second-order valence-corrected chi connectivity index (χ2v) is 7.52. The van der Waals surface area contributed by atoms with Crippen LogP contribution < -0.4 is 10.6 Å². The fourth-order valence-electron chi connectivity index (χ4n) is 4.00. The first-order valence-corrected chi connectivity index (χ1v) is 9.27. The zero-order chi connectivity index (χ0) is 16.0. The van der Waals surface area contributed by atoms with Crippen molar-refractivity contribution in [2.45, 2.75) is 51.4 Å². The lowest BCUT2D eigenvalue weighted by Gasteiger charge is -2.42. The standard InChI is InChI=1S/C20H30N2O.ClH/c23-19(8-7-17-9-13-21-14-10-17)22-16-20(11-4-12-20)15-18-5-2-1-3-6-18;/h1-3,5-6,17,21H,4,7-16H2,(H,22,23);1H. The molecule has 0 atom stereocenters. The van der Waals surface area contributed by atoms with Crippen molar-refractivity contribution in [2.75, 3.05) is 19.6 Å². The van der Waals surface area contributed by atoms with Gasteiger partial charge in [-0.2, -0.15) is 0 Å². The number of hydrogen-bond acceptors (Lipinski definition) is 2. The van der Waals surface area contributed by atoms with Crippen molar-refractivity contribution in [3.05, 3.63) is 35.9 Å². The summed E-state index contributed by atoms with van der Waals surface area (Å²) in [4.78, 5) is 12.2. The molecular formula is C20H31ClN2O. The molecule has 0 bridgehead atoms. The van der Waals surface area contributed by atoms with Gasteiger partial charge in [-0.3, -0.25) is 4.79 Å². The van der Waals surface area contributed by atoms with Crippen LogP contribution >= 0.6 is 12.4 Å². The zero-order valence-corrected chi connectivity index (χ0v) is 15.4. The fourth-order valence-corrected chi connectivity index (χ4v) is 4.00. The van der Waals surface area contributed by atoms with E-state index in [0.717, 1.165) is 38.4 Å². The van der Waals surface area contributed by atoms with Crippen molar-refractivity contribution in [1.29, 1.82) is 0 Å². The molecule has 1 amide bonds. The molecule has 1 saturated heterocycles. The molecule has 0 radical (unpaired) electrons. The smallest absolute Gasteiger partial charge is 0.220 e. The predicted molar refractivity (Wildman–Crippen MR) is 102 cm³/mol. The zero-order valence-electron chi connectivity index (χ0n) is 14.6. The minimum absolute atomic E-state index is 0. The molecule has 1 aromatic carbocycles. The molecule has 1 aliphatic heterocycles. The minimum atomic E-state index is 0. The summed E-state index contributed by atoms with van der Waals surface area (Å²) in [5.41, 5.74) is 1.71. The minimum Gasteiger partial charge on any atom is -0.356 e. The Morgan fingerprint density at radius 1 is 1.17 bits per heavy atom. The summed E-state index contributed by atoms with van der Waals surface area (Å²) in [5.74, 6) is 0.992. The second-order valence-electron chi connectivity index (χ2n) is 7.52. The Kier molecular flexibility index (Phi) is 7.57. The first-order valence-electron chi connectivity index (χ1n) is 9.27. The van der Waals surface area contributed by atoms with Gasteiger partial charge in [0, 0.05) is 13.0 Å². The van der Waals surface area contributed by atoms with Gasteiger partial charge in [0.25, 0.3) is 0 Å². The lowest BCUT2D eigenvalue weighted by atomic mass is 9.65. The van der Waals surface area contributed by atoms with E-state index in [2.05, 4.69) is 41.0 Å². The third kappa shape index (κ3) is 5.49. The fraction of sp³-hybridized carbons (Fsp3) is 0.650. The van der Waals surface area contributed by atoms with E-state index >= 15 is 0 Å². The number of hydrogen-bond donors (Lipinski definition) is 2. The lowest BCUT2D eigenvalue weighted by molar-refractivity contribution is -0.122. The van der Waals surface area contributed by atoms with E-state index in [1.807, 2.05) is 0 Å². The molecule has 1 aromatic rings. The van der Waals surface area contributed by atoms with Crippen LogP contribution in [0, 0.1) is 11.3 Å². The molecule has 3 rings (SSSR count). The summed E-state index contributed by atoms with van der Waals surface area (Å²) >= 11 is 0. The molecule has 3 nitrogen and oxygen atoms in total. The van der Waals surface area contributed by atoms with Crippen molar-refractivity contribution in [2.24, 2.45) is 11.3 Å². The maximum absolute atomic E-state index is 12.2. The van der Waals surface area contributed by atoms with Crippen molar-refractivity contribution in [1.82, 2.24) is 10.6 Å². The molecule has 0 spiro atoms. The summed E-state index contributed by atoms with van der Waals surface area (Å²) in [5, 5.41) is 6.62. The number of rotatable bonds is 7. The van der Waals surface area contributed by atoms with Gasteiger partial charge in [-0.1, -0.05) is 36.8 Å². The highest BCUT2D eigenvalue weighted by atomic mass is 35.5. The van der Waals surface area contributed by atoms with Gasteiger partial charge in [-0.15, -0.1) is 12.4 Å². The van der Waals surface area contributed by atoms with Crippen LogP contribution in [0.5, 0.6) is 0 Å². The highest BCUT2D eigenvalue weighted by molar-refractivity contribution is 5.85. The average molecular weight is 351 g/mol. The number of carbonyl (C=O) groups is 1. The number of benzene rings is 1. The third-order valence-electron chi connectivity index (χ3n) is 5.74. The van der Waals surface area contributed by atoms with Gasteiger partial charge in [-0.05, 0) is 68.5 Å². The summed E-state index contributed by atoms with van der Waals surface area (Å²) < 4.78 is 0. The normalized spacial score (nSPS) is 19.8. The summed E-state index contributed by atoms with van der Waals surface area (Å²) in [7, 11) is 0. The summed E-state index contributed by atoms with van der Waals surface area (Å²) in [6, 6.07) is 10.7. The van der Waals surface area contributed by atoms with E-state index in [4.69, 9.17) is 0 Å². The third-order valence-corrected chi connectivity index (χ3v) is 5.74. The van der Waals surface area contributed by atoms with Crippen molar-refractivity contribution >= 4 is 18.3 Å². The second kappa shape index (κ2) is 9.43. The van der Waals surface area contributed by atoms with Gasteiger partial charge < -0.3 is 10.6 Å². The highest BCUT2D eigenvalue weighted by Gasteiger charge is 2.37. The van der Waals surface area contributed by atoms with Gasteiger partial charge in [0.1, 0.15) is 0 Å². The van der Waals surface area contributed by atoms with Crippen molar-refractivity contribution in [3.8, 4) is 0 Å². The monoisotopic (exact) mass is 350 g/mol. The van der Waals surface area contributed by atoms with E-state index in [9.17, 15) is 4.79 Å². The van der Waals surface area contributed by atoms with Crippen molar-refractivity contribution < 1.29 is 4.79 Å². The van der Waals surface area contributed by atoms with Gasteiger partial charge in [0.15, 0.2) is 0 Å². The number of carbonyl (C=O) groups excluding carboxylic acids is 1. The number of halogens is 1. The molecule has 1 aliphatic carbocycles. The molecule has 2 aliphatic rings. The Morgan fingerprint density at radius 2 is 1.88 bits per heavy atom. The van der Waals surface area contributed by atoms with Crippen LogP contribution in [0.25, 0.3) is 0 Å². The number of nitrogens with one attached hydrogen (secondary N) is 2. The predicted octanol–water partition coefficient (Wildman–Crippen LogP) is 3.72. The Labute approximate surface area is 152 Å². The van der Waals surface area contributed by atoms with Gasteiger partial charge in [0.05, 0.1) is 0 Å². The first kappa shape index (κ1) is 19.3. The number of piperidine rings is 1. The molecule has 0 unspecified atom stereocenters. The van der Waals surface area contributed by atoms with Crippen LogP contribution in [0.1, 0.15) is 50.5 Å². The lowest BCUT2D eigenvalue weighted by Crippen LogP contribution is -2.43. The molecule has 134 valence electrons. The molecule has 1 saturated carbocycles. The molecule has 0 aromatic heterocycles. The Morgan fingerprint density at radius 3 is 2.50 bits per heavy atom. The maximum atomic E-state index is 12.2. The maximum Gasteiger partial charge on any atom is 0.220 e. The quantitative estimate of drug-likeness (QED) is 0.787. The van der Waals surface area contributed by atoms with E-state index in [1.54, 1.807) is 0 Å². The number of amides is 1. The van der Waals surface area contributed by atoms with Gasteiger partial charge in [0.2, 0.25) is 5.91 Å².